The molecule has 3 rings (SSSR count). The Morgan fingerprint density at radius 2 is 1.12 bits per heavy atom. The summed E-state index contributed by atoms with van der Waals surface area (Å²) < 4.78 is 68.7. The molecule has 2 amide bonds. The van der Waals surface area contributed by atoms with E-state index in [1.165, 1.54) is 7.05 Å². The van der Waals surface area contributed by atoms with Crippen LogP contribution in [0.15, 0.2) is 30.3 Å². The van der Waals surface area contributed by atoms with Crippen LogP contribution in [0.4, 0.5) is 9.59 Å². The second kappa shape index (κ2) is 23.9. The Balaban J connectivity index is 2.30. The number of carbonyl (C=O) groups is 8. The number of esters is 6. The van der Waals surface area contributed by atoms with Crippen molar-refractivity contribution >= 4 is 48.0 Å². The average Bonchev–Trinajstić information content (AvgIpc) is 3.17. The Hall–Kier alpha value is -5.58. The number of ether oxygens (including phenoxy) is 12. The minimum absolute atomic E-state index is 0.115. The molecule has 10 atom stereocenters. The molecular weight excluding hydrogens is 804 g/mol. The second-order valence-corrected chi connectivity index (χ2v) is 13.2. The first kappa shape index (κ1) is 48.8. The highest BCUT2D eigenvalue weighted by atomic mass is 16.8. The summed E-state index contributed by atoms with van der Waals surface area (Å²) in [6, 6.07) is 8.64. The van der Waals surface area contributed by atoms with Crippen molar-refractivity contribution in [3.05, 3.63) is 35.9 Å². The van der Waals surface area contributed by atoms with E-state index in [4.69, 9.17) is 56.8 Å². The van der Waals surface area contributed by atoms with Crippen molar-refractivity contribution in [3.63, 3.8) is 0 Å². The fourth-order valence-electron chi connectivity index (χ4n) is 6.16. The van der Waals surface area contributed by atoms with E-state index in [2.05, 4.69) is 5.32 Å². The maximum atomic E-state index is 14.1. The maximum Gasteiger partial charge on any atom is 0.412 e. The molecule has 1 N–H and O–H groups in total. The summed E-state index contributed by atoms with van der Waals surface area (Å²) in [7, 11) is 1.22. The molecule has 22 nitrogen and oxygen atoms in total. The number of amides is 2. The van der Waals surface area contributed by atoms with Crippen molar-refractivity contribution in [2.75, 3.05) is 40.0 Å². The summed E-state index contributed by atoms with van der Waals surface area (Å²) >= 11 is 0. The highest BCUT2D eigenvalue weighted by Gasteiger charge is 2.59. The molecule has 2 aliphatic rings. The predicted molar refractivity (Wildman–Crippen MR) is 197 cm³/mol. The smallest absolute Gasteiger partial charge is 0.412 e. The van der Waals surface area contributed by atoms with Gasteiger partial charge in [-0.25, -0.2) is 9.59 Å². The lowest BCUT2D eigenvalue weighted by Gasteiger charge is -2.50. The number of hydrogen-bond acceptors (Lipinski definition) is 20. The van der Waals surface area contributed by atoms with Gasteiger partial charge in [-0.3, -0.25) is 33.7 Å². The Kier molecular flexibility index (Phi) is 19.4. The van der Waals surface area contributed by atoms with Crippen LogP contribution >= 0.6 is 0 Å². The molecule has 22 heteroatoms. The Morgan fingerprint density at radius 1 is 0.617 bits per heavy atom. The molecule has 1 aromatic rings. The van der Waals surface area contributed by atoms with Gasteiger partial charge in [0.1, 0.15) is 38.1 Å². The number of hydrogen-bond donors (Lipinski definition) is 1. The fraction of sp³-hybridized carbons (Fsp3) is 0.632. The van der Waals surface area contributed by atoms with Gasteiger partial charge in [0.2, 0.25) is 0 Å². The van der Waals surface area contributed by atoms with Crippen LogP contribution in [-0.4, -0.2) is 154 Å². The van der Waals surface area contributed by atoms with Gasteiger partial charge in [-0.2, -0.15) is 0 Å². The van der Waals surface area contributed by atoms with Crippen LogP contribution in [0.1, 0.15) is 54.0 Å². The highest BCUT2D eigenvalue weighted by Crippen LogP contribution is 2.36. The minimum Gasteiger partial charge on any atom is -0.463 e. The number of carbonyl (C=O) groups excluding carboxylic acids is 8. The number of nitrogens with one attached hydrogen (secondary N) is 1. The molecule has 2 saturated heterocycles. The van der Waals surface area contributed by atoms with Crippen molar-refractivity contribution in [2.45, 2.75) is 116 Å². The van der Waals surface area contributed by atoms with Crippen molar-refractivity contribution in [1.29, 1.82) is 0 Å². The Labute approximate surface area is 345 Å². The van der Waals surface area contributed by atoms with Crippen molar-refractivity contribution in [2.24, 2.45) is 0 Å². The van der Waals surface area contributed by atoms with Crippen LogP contribution in [0.5, 0.6) is 0 Å². The topological polar surface area (TPSA) is 263 Å². The lowest BCUT2D eigenvalue weighted by molar-refractivity contribution is -0.352. The van der Waals surface area contributed by atoms with Gasteiger partial charge in [0.25, 0.3) is 0 Å². The summed E-state index contributed by atoms with van der Waals surface area (Å²) in [6.07, 6.45) is -19.1. The first-order chi connectivity index (χ1) is 28.4. The first-order valence-corrected chi connectivity index (χ1v) is 18.8. The molecule has 2 fully saturated rings. The highest BCUT2D eigenvalue weighted by molar-refractivity contribution is 5.70. The molecular formula is C38H52N2O20. The van der Waals surface area contributed by atoms with E-state index in [9.17, 15) is 38.4 Å². The molecule has 0 aliphatic carbocycles. The maximum absolute atomic E-state index is 14.1. The normalized spacial score (nSPS) is 25.9. The fourth-order valence-corrected chi connectivity index (χ4v) is 6.16. The van der Waals surface area contributed by atoms with E-state index in [0.717, 1.165) is 46.4 Å². The number of benzene rings is 1. The first-order valence-electron chi connectivity index (χ1n) is 18.8. The molecule has 0 radical (unpaired) electrons. The van der Waals surface area contributed by atoms with E-state index >= 15 is 0 Å². The molecule has 0 saturated carbocycles. The van der Waals surface area contributed by atoms with E-state index in [1.54, 1.807) is 37.3 Å². The van der Waals surface area contributed by atoms with Gasteiger partial charge in [-0.1, -0.05) is 30.3 Å². The monoisotopic (exact) mass is 856 g/mol. The third kappa shape index (κ3) is 14.9. The molecule has 2 aliphatic heterocycles. The van der Waals surface area contributed by atoms with E-state index < -0.39 is 123 Å². The van der Waals surface area contributed by atoms with Gasteiger partial charge in [0.05, 0.1) is 13.2 Å². The van der Waals surface area contributed by atoms with Crippen molar-refractivity contribution in [3.8, 4) is 0 Å². The van der Waals surface area contributed by atoms with Crippen LogP contribution in [0.25, 0.3) is 0 Å². The zero-order valence-corrected chi connectivity index (χ0v) is 34.5. The summed E-state index contributed by atoms with van der Waals surface area (Å²) in [6.45, 7) is 6.37. The van der Waals surface area contributed by atoms with Crippen molar-refractivity contribution < 1.29 is 95.2 Å². The predicted octanol–water partition coefficient (Wildman–Crippen LogP) is 1.07. The SMILES string of the molecule is CCOCCN(C(=O)OCc1ccccc1)C1O[C@@H](COC(C)=O)[C@@H](OC(C)=O)[C@H](OC(C)=O)[C@@H]1O[C@H]1O[C@H](COC(C)=O)[C@@H](OC(C)=O)[C@@H](OC(=O)NC)[C@@H]1OC(C)=O. The third-order valence-corrected chi connectivity index (χ3v) is 8.48. The molecule has 1 aromatic carbocycles. The van der Waals surface area contributed by atoms with Crippen LogP contribution in [-0.2, 0) is 92.2 Å². The van der Waals surface area contributed by atoms with Gasteiger partial charge in [-0.15, -0.1) is 0 Å². The van der Waals surface area contributed by atoms with Crippen LogP contribution in [0.3, 0.4) is 0 Å². The average molecular weight is 857 g/mol. The van der Waals surface area contributed by atoms with Gasteiger partial charge in [-0.05, 0) is 12.5 Å². The molecule has 0 spiro atoms. The molecule has 2 heterocycles. The van der Waals surface area contributed by atoms with Gasteiger partial charge < -0.3 is 62.2 Å². The number of alkyl carbamates (subject to hydrolysis) is 1. The Bertz CT molecular complexity index is 1640. The molecule has 60 heavy (non-hydrogen) atoms. The molecule has 0 aromatic heterocycles. The second-order valence-electron chi connectivity index (χ2n) is 13.2. The zero-order valence-electron chi connectivity index (χ0n) is 34.5. The Morgan fingerprint density at radius 3 is 1.62 bits per heavy atom. The van der Waals surface area contributed by atoms with Gasteiger partial charge in [0.15, 0.2) is 43.0 Å². The van der Waals surface area contributed by atoms with Crippen LogP contribution < -0.4 is 5.32 Å². The van der Waals surface area contributed by atoms with E-state index in [-0.39, 0.29) is 26.4 Å². The molecule has 334 valence electrons. The third-order valence-electron chi connectivity index (χ3n) is 8.48. The lowest BCUT2D eigenvalue weighted by Crippen LogP contribution is -2.69. The standard InChI is InChI=1S/C38H52N2O20/c1-9-49-16-15-40(38(48)52-17-26-13-11-10-12-14-26)35-33(31(55-24(6)45)29(53-22(4)43)27(57-35)18-50-20(2)41)59-36-34(56-25(7)46)32(60-37(47)39-8)30(54-23(5)44)28(58-36)19-51-21(3)42/h10-14,27-36H,9,15-19H2,1-8H3,(H,39,47)/t27-,28+,29+,30+,31-,32+,33-,34-,35?,36+/m0/s1. The summed E-state index contributed by atoms with van der Waals surface area (Å²) in [5, 5.41) is 2.24. The van der Waals surface area contributed by atoms with Gasteiger partial charge >= 0.3 is 48.0 Å². The zero-order chi connectivity index (χ0) is 44.5. The largest absolute Gasteiger partial charge is 0.463 e. The van der Waals surface area contributed by atoms with E-state index in [1.807, 2.05) is 0 Å². The molecule has 1 unspecified atom stereocenters. The van der Waals surface area contributed by atoms with Crippen molar-refractivity contribution in [1.82, 2.24) is 10.2 Å². The van der Waals surface area contributed by atoms with Crippen LogP contribution in [0.2, 0.25) is 0 Å². The quantitative estimate of drug-likeness (QED) is 0.123. The van der Waals surface area contributed by atoms with Crippen LogP contribution in [0, 0.1) is 0 Å². The van der Waals surface area contributed by atoms with E-state index in [0.29, 0.717) is 5.56 Å². The lowest BCUT2D eigenvalue weighted by atomic mass is 9.95. The number of nitrogens with zero attached hydrogens (tertiary/aromatic N) is 1. The number of rotatable bonds is 18. The summed E-state index contributed by atoms with van der Waals surface area (Å²) in [5.74, 6) is -5.29. The van der Waals surface area contributed by atoms with Gasteiger partial charge in [0, 0.05) is 55.2 Å². The summed E-state index contributed by atoms with van der Waals surface area (Å²) in [4.78, 5) is 102. The summed E-state index contributed by atoms with van der Waals surface area (Å²) in [5.41, 5.74) is 0.608. The molecule has 0 bridgehead atoms. The minimum atomic E-state index is -1.94.